The summed E-state index contributed by atoms with van der Waals surface area (Å²) in [6.45, 7) is 1.91. The molecule has 30 heavy (non-hydrogen) atoms. The first kappa shape index (κ1) is 23.3. The molecule has 1 heterocycles. The Morgan fingerprint density at radius 3 is 2.50 bits per heavy atom. The molecule has 0 spiro atoms. The van der Waals surface area contributed by atoms with E-state index in [0.29, 0.717) is 40.2 Å². The number of hydrogen-bond acceptors (Lipinski definition) is 6. The lowest BCUT2D eigenvalue weighted by Gasteiger charge is -2.08. The Bertz CT molecular complexity index is 1060. The second-order valence-corrected chi connectivity index (χ2v) is 8.38. The number of aryl methyl sites for hydroxylation is 1. The van der Waals surface area contributed by atoms with Crippen LogP contribution in [0.25, 0.3) is 10.9 Å². The number of ether oxygens (including phenoxy) is 3. The van der Waals surface area contributed by atoms with Crippen LogP contribution in [-0.4, -0.2) is 50.5 Å². The van der Waals surface area contributed by atoms with Gasteiger partial charge in [-0.15, -0.1) is 0 Å². The lowest BCUT2D eigenvalue weighted by Crippen LogP contribution is -2.15. The predicted octanol–water partition coefficient (Wildman–Crippen LogP) is 3.32. The molecule has 2 aromatic rings. The fourth-order valence-corrected chi connectivity index (χ4v) is 4.26. The van der Waals surface area contributed by atoms with E-state index in [0.717, 1.165) is 0 Å². The lowest BCUT2D eigenvalue weighted by atomic mass is 10.1. The number of fused-ring (bicyclic) bond motifs is 1. The number of aliphatic carboxylic acids is 1. The molecule has 1 aromatic carbocycles. The monoisotopic (exact) mass is 437 g/mol. The first-order valence-electron chi connectivity index (χ1n) is 9.37. The van der Waals surface area contributed by atoms with Crippen molar-refractivity contribution in [2.45, 2.75) is 26.2 Å². The maximum absolute atomic E-state index is 13.1. The molecule has 1 aromatic heterocycles. The minimum atomic E-state index is -3.78. The Hall–Kier alpha value is -2.94. The molecule has 0 aliphatic heterocycles. The molecule has 0 unspecified atom stereocenters. The summed E-state index contributed by atoms with van der Waals surface area (Å²) in [4.78, 5) is 11.0. The molecular formula is C21H27NO7S. The molecule has 0 fully saturated rings. The van der Waals surface area contributed by atoms with Crippen LogP contribution in [0.3, 0.4) is 0 Å². The van der Waals surface area contributed by atoms with Crippen molar-refractivity contribution in [1.82, 2.24) is 3.97 Å². The summed E-state index contributed by atoms with van der Waals surface area (Å²) < 4.78 is 43.0. The van der Waals surface area contributed by atoms with Crippen LogP contribution in [0.4, 0.5) is 0 Å². The first-order chi connectivity index (χ1) is 14.2. The third-order valence-corrected chi connectivity index (χ3v) is 6.10. The molecule has 8 nitrogen and oxygen atoms in total. The van der Waals surface area contributed by atoms with Crippen molar-refractivity contribution >= 4 is 26.9 Å². The van der Waals surface area contributed by atoms with Crippen molar-refractivity contribution in [1.29, 1.82) is 0 Å². The second-order valence-electron chi connectivity index (χ2n) is 6.48. The highest BCUT2D eigenvalue weighted by Gasteiger charge is 2.19. The molecule has 0 bridgehead atoms. The minimum absolute atomic E-state index is 0.105. The smallest absolute Gasteiger partial charge is 0.303 e. The van der Waals surface area contributed by atoms with Crippen LogP contribution in [-0.2, 0) is 30.7 Å². The van der Waals surface area contributed by atoms with Gasteiger partial charge in [-0.1, -0.05) is 6.92 Å². The van der Waals surface area contributed by atoms with Crippen molar-refractivity contribution in [3.05, 3.63) is 53.6 Å². The van der Waals surface area contributed by atoms with E-state index in [1.807, 2.05) is 6.92 Å². The number of benzene rings is 1. The zero-order chi connectivity index (χ0) is 22.3. The van der Waals surface area contributed by atoms with Gasteiger partial charge in [-0.2, -0.15) is 0 Å². The molecule has 0 aliphatic carbocycles. The summed E-state index contributed by atoms with van der Waals surface area (Å²) in [5, 5.41) is 9.65. The number of hydrogen-bond donors (Lipinski definition) is 1. The fourth-order valence-electron chi connectivity index (χ4n) is 2.98. The minimum Gasteiger partial charge on any atom is -0.501 e. The summed E-state index contributed by atoms with van der Waals surface area (Å²) in [6, 6.07) is 5.03. The SMILES string of the molecule is CC/C(=C\C(=C/CS(=O)(=O)n1cc(CCC(=O)O)c2cc(OC)ccc21)OC)OC. The Kier molecular flexibility index (Phi) is 7.93. The molecule has 2 rings (SSSR count). The molecule has 0 saturated carbocycles. The fraction of sp³-hybridized carbons (Fsp3) is 0.381. The van der Waals surface area contributed by atoms with E-state index in [2.05, 4.69) is 0 Å². The maximum atomic E-state index is 13.1. The van der Waals surface area contributed by atoms with Crippen molar-refractivity contribution < 1.29 is 32.5 Å². The van der Waals surface area contributed by atoms with Gasteiger partial charge in [0.1, 0.15) is 11.5 Å². The number of nitrogens with zero attached hydrogens (tertiary/aromatic N) is 1. The highest BCUT2D eigenvalue weighted by Crippen LogP contribution is 2.28. The van der Waals surface area contributed by atoms with Crippen LogP contribution in [0, 0.1) is 0 Å². The van der Waals surface area contributed by atoms with Gasteiger partial charge in [0.15, 0.2) is 0 Å². The van der Waals surface area contributed by atoms with Crippen molar-refractivity contribution in [3.8, 4) is 5.75 Å². The Morgan fingerprint density at radius 2 is 1.93 bits per heavy atom. The highest BCUT2D eigenvalue weighted by molar-refractivity contribution is 7.90. The summed E-state index contributed by atoms with van der Waals surface area (Å²) in [5.41, 5.74) is 1.09. The first-order valence-corrected chi connectivity index (χ1v) is 11.0. The van der Waals surface area contributed by atoms with E-state index < -0.39 is 16.0 Å². The zero-order valence-electron chi connectivity index (χ0n) is 17.5. The number of allylic oxidation sites excluding steroid dienone is 2. The normalized spacial score (nSPS) is 12.8. The summed E-state index contributed by atoms with van der Waals surface area (Å²) in [5.74, 6) is 0.344. The third kappa shape index (κ3) is 5.56. The summed E-state index contributed by atoms with van der Waals surface area (Å²) in [7, 11) is 0.736. The highest BCUT2D eigenvalue weighted by atomic mass is 32.2. The van der Waals surface area contributed by atoms with Crippen molar-refractivity contribution in [2.24, 2.45) is 0 Å². The van der Waals surface area contributed by atoms with Gasteiger partial charge in [-0.3, -0.25) is 4.79 Å². The van der Waals surface area contributed by atoms with E-state index >= 15 is 0 Å². The Morgan fingerprint density at radius 1 is 1.20 bits per heavy atom. The molecule has 164 valence electrons. The zero-order valence-corrected chi connectivity index (χ0v) is 18.4. The van der Waals surface area contributed by atoms with Gasteiger partial charge < -0.3 is 19.3 Å². The maximum Gasteiger partial charge on any atom is 0.303 e. The Labute approximate surface area is 176 Å². The van der Waals surface area contributed by atoms with Gasteiger partial charge in [-0.25, -0.2) is 12.4 Å². The van der Waals surface area contributed by atoms with E-state index in [1.165, 1.54) is 37.6 Å². The average Bonchev–Trinajstić information content (AvgIpc) is 3.11. The van der Waals surface area contributed by atoms with E-state index in [-0.39, 0.29) is 18.6 Å². The second kappa shape index (κ2) is 10.2. The number of carboxylic acids is 1. The van der Waals surface area contributed by atoms with Gasteiger partial charge in [0.2, 0.25) is 10.0 Å². The molecule has 0 atom stereocenters. The largest absolute Gasteiger partial charge is 0.501 e. The third-order valence-electron chi connectivity index (χ3n) is 4.61. The van der Waals surface area contributed by atoms with Gasteiger partial charge in [0, 0.05) is 30.5 Å². The van der Waals surface area contributed by atoms with Gasteiger partial charge in [-0.05, 0) is 36.3 Å². The van der Waals surface area contributed by atoms with Crippen LogP contribution in [0.15, 0.2) is 48.1 Å². The van der Waals surface area contributed by atoms with E-state index in [4.69, 9.17) is 19.3 Å². The number of aromatic nitrogens is 1. The molecule has 0 saturated heterocycles. The van der Waals surface area contributed by atoms with Gasteiger partial charge >= 0.3 is 5.97 Å². The number of methoxy groups -OCH3 is 3. The molecular weight excluding hydrogens is 410 g/mol. The molecule has 0 amide bonds. The van der Waals surface area contributed by atoms with Gasteiger partial charge in [0.25, 0.3) is 0 Å². The van der Waals surface area contributed by atoms with E-state index in [1.54, 1.807) is 24.3 Å². The predicted molar refractivity (Wildman–Crippen MR) is 114 cm³/mol. The van der Waals surface area contributed by atoms with Crippen LogP contribution in [0.5, 0.6) is 5.75 Å². The lowest BCUT2D eigenvalue weighted by molar-refractivity contribution is -0.136. The number of carbonyl (C=O) groups is 1. The van der Waals surface area contributed by atoms with Gasteiger partial charge in [0.05, 0.1) is 38.4 Å². The average molecular weight is 438 g/mol. The summed E-state index contributed by atoms with van der Waals surface area (Å²) in [6.07, 6.45) is 5.33. The van der Waals surface area contributed by atoms with Crippen LogP contribution < -0.4 is 4.74 Å². The number of carboxylic acid groups (broad SMARTS) is 1. The van der Waals surface area contributed by atoms with Crippen LogP contribution in [0.2, 0.25) is 0 Å². The molecule has 9 heteroatoms. The number of rotatable bonds is 11. The van der Waals surface area contributed by atoms with Crippen molar-refractivity contribution in [3.63, 3.8) is 0 Å². The standard InChI is InChI=1S/C21H27NO7S/c1-5-16(27-2)12-18(29-4)10-11-30(25,26)22-14-15(6-9-21(23)24)19-13-17(28-3)7-8-20(19)22/h7-8,10,12-14H,5-6,9,11H2,1-4H3,(H,23,24)/b16-12+,18-10+. The quantitative estimate of drug-likeness (QED) is 0.425. The molecule has 0 aliphatic rings. The van der Waals surface area contributed by atoms with Crippen LogP contribution in [0.1, 0.15) is 25.3 Å². The van der Waals surface area contributed by atoms with Crippen molar-refractivity contribution in [2.75, 3.05) is 27.1 Å². The molecule has 0 radical (unpaired) electrons. The Balaban J connectivity index is 2.47. The van der Waals surface area contributed by atoms with Crippen LogP contribution >= 0.6 is 0 Å². The topological polar surface area (TPSA) is 104 Å². The summed E-state index contributed by atoms with van der Waals surface area (Å²) >= 11 is 0. The molecule has 1 N–H and O–H groups in total. The van der Waals surface area contributed by atoms with E-state index in [9.17, 15) is 13.2 Å².